The second kappa shape index (κ2) is 6.41. The molecule has 0 saturated heterocycles. The van der Waals surface area contributed by atoms with Gasteiger partial charge in [0.2, 0.25) is 0 Å². The summed E-state index contributed by atoms with van der Waals surface area (Å²) in [5, 5.41) is 3.64. The zero-order chi connectivity index (χ0) is 15.5. The predicted molar refractivity (Wildman–Crippen MR) is 87.4 cm³/mol. The summed E-state index contributed by atoms with van der Waals surface area (Å²) in [4.78, 5) is 12.3. The van der Waals surface area contributed by atoms with E-state index in [1.807, 2.05) is 30.3 Å². The van der Waals surface area contributed by atoms with Gasteiger partial charge in [-0.2, -0.15) is 0 Å². The molecule has 0 spiro atoms. The Hall–Kier alpha value is -2.00. The summed E-state index contributed by atoms with van der Waals surface area (Å²) >= 11 is 5.97. The molecule has 4 heteroatoms. The lowest BCUT2D eigenvalue weighted by molar-refractivity contribution is -0.127. The topological polar surface area (TPSA) is 38.3 Å². The molecule has 1 heterocycles. The van der Waals surface area contributed by atoms with Crippen LogP contribution in [0.15, 0.2) is 48.5 Å². The number of ether oxygens (including phenoxy) is 1. The number of fused-ring (bicyclic) bond motifs is 1. The lowest BCUT2D eigenvalue weighted by Gasteiger charge is -2.15. The molecule has 1 amide bonds. The molecule has 3 rings (SSSR count). The van der Waals surface area contributed by atoms with Crippen LogP contribution < -0.4 is 10.1 Å². The van der Waals surface area contributed by atoms with Crippen LogP contribution >= 0.6 is 11.6 Å². The molecule has 0 unspecified atom stereocenters. The van der Waals surface area contributed by atoms with Gasteiger partial charge in [-0.1, -0.05) is 48.9 Å². The average molecular weight is 316 g/mol. The maximum Gasteiger partial charge on any atom is 0.261 e. The van der Waals surface area contributed by atoms with Crippen molar-refractivity contribution in [2.24, 2.45) is 0 Å². The third-order valence-electron chi connectivity index (χ3n) is 3.94. The summed E-state index contributed by atoms with van der Waals surface area (Å²) in [6, 6.07) is 15.6. The van der Waals surface area contributed by atoms with Gasteiger partial charge in [0, 0.05) is 18.0 Å². The molecule has 0 aliphatic carbocycles. The Bertz CT molecular complexity index is 672. The summed E-state index contributed by atoms with van der Waals surface area (Å²) in [7, 11) is 0. The Labute approximate surface area is 135 Å². The van der Waals surface area contributed by atoms with Crippen LogP contribution in [-0.2, 0) is 11.2 Å². The Morgan fingerprint density at radius 2 is 2.09 bits per heavy atom. The number of amides is 1. The molecule has 1 aliphatic heterocycles. The largest absolute Gasteiger partial charge is 0.480 e. The normalized spacial score (nSPS) is 17.5. The van der Waals surface area contributed by atoms with E-state index in [2.05, 4.69) is 24.4 Å². The Morgan fingerprint density at radius 1 is 1.32 bits per heavy atom. The molecular formula is C18H18ClNO2. The van der Waals surface area contributed by atoms with Crippen LogP contribution in [0, 0.1) is 0 Å². The van der Waals surface area contributed by atoms with E-state index in [1.165, 1.54) is 5.56 Å². The summed E-state index contributed by atoms with van der Waals surface area (Å²) in [6.07, 6.45) is 0.109. The zero-order valence-electron chi connectivity index (χ0n) is 12.4. The number of halogens is 1. The van der Waals surface area contributed by atoms with Crippen molar-refractivity contribution in [1.29, 1.82) is 0 Å². The molecule has 1 N–H and O–H groups in total. The van der Waals surface area contributed by atoms with Crippen molar-refractivity contribution in [3.05, 3.63) is 64.7 Å². The van der Waals surface area contributed by atoms with Crippen molar-refractivity contribution in [3.63, 3.8) is 0 Å². The first-order valence-corrected chi connectivity index (χ1v) is 7.79. The molecule has 2 aromatic rings. The van der Waals surface area contributed by atoms with E-state index in [4.69, 9.17) is 16.3 Å². The second-order valence-corrected chi connectivity index (χ2v) is 6.06. The first-order valence-electron chi connectivity index (χ1n) is 7.41. The van der Waals surface area contributed by atoms with E-state index >= 15 is 0 Å². The van der Waals surface area contributed by atoms with E-state index in [0.29, 0.717) is 18.0 Å². The van der Waals surface area contributed by atoms with Gasteiger partial charge in [-0.15, -0.1) is 0 Å². The van der Waals surface area contributed by atoms with Crippen LogP contribution in [0.1, 0.15) is 24.0 Å². The van der Waals surface area contributed by atoms with Gasteiger partial charge in [-0.25, -0.2) is 0 Å². The fraction of sp³-hybridized carbons (Fsp3) is 0.278. The minimum absolute atomic E-state index is 0.0740. The van der Waals surface area contributed by atoms with Crippen molar-refractivity contribution >= 4 is 17.5 Å². The third-order valence-corrected chi connectivity index (χ3v) is 4.18. The summed E-state index contributed by atoms with van der Waals surface area (Å²) in [5.41, 5.74) is 2.20. The molecule has 22 heavy (non-hydrogen) atoms. The van der Waals surface area contributed by atoms with E-state index in [-0.39, 0.29) is 11.8 Å². The minimum atomic E-state index is -0.462. The maximum absolute atomic E-state index is 12.3. The van der Waals surface area contributed by atoms with E-state index < -0.39 is 6.10 Å². The van der Waals surface area contributed by atoms with Crippen molar-refractivity contribution in [3.8, 4) is 5.75 Å². The van der Waals surface area contributed by atoms with Crippen LogP contribution in [0.3, 0.4) is 0 Å². The van der Waals surface area contributed by atoms with Crippen molar-refractivity contribution in [1.82, 2.24) is 5.32 Å². The number of carbonyl (C=O) groups is 1. The number of hydrogen-bond acceptors (Lipinski definition) is 2. The molecule has 2 aromatic carbocycles. The van der Waals surface area contributed by atoms with Crippen LogP contribution in [-0.4, -0.2) is 18.6 Å². The average Bonchev–Trinajstić information content (AvgIpc) is 2.96. The number of benzene rings is 2. The monoisotopic (exact) mass is 315 g/mol. The van der Waals surface area contributed by atoms with Gasteiger partial charge in [0.15, 0.2) is 6.10 Å². The SMILES string of the molecule is C[C@@H](CNC(=O)[C@@H]1Cc2cc(Cl)ccc2O1)c1ccccc1. The molecule has 0 bridgehead atoms. The highest BCUT2D eigenvalue weighted by Crippen LogP contribution is 2.31. The van der Waals surface area contributed by atoms with Gasteiger partial charge in [0.05, 0.1) is 0 Å². The first kappa shape index (κ1) is 14.9. The van der Waals surface area contributed by atoms with Gasteiger partial charge in [0.25, 0.3) is 5.91 Å². The smallest absolute Gasteiger partial charge is 0.261 e. The zero-order valence-corrected chi connectivity index (χ0v) is 13.1. The maximum atomic E-state index is 12.3. The van der Waals surface area contributed by atoms with E-state index in [9.17, 15) is 4.79 Å². The van der Waals surface area contributed by atoms with Gasteiger partial charge in [-0.3, -0.25) is 4.79 Å². The van der Waals surface area contributed by atoms with Crippen LogP contribution in [0.2, 0.25) is 5.02 Å². The van der Waals surface area contributed by atoms with Crippen molar-refractivity contribution in [2.45, 2.75) is 25.4 Å². The molecule has 1 aliphatic rings. The summed E-state index contributed by atoms with van der Waals surface area (Å²) in [5.74, 6) is 0.944. The van der Waals surface area contributed by atoms with Gasteiger partial charge in [0.1, 0.15) is 5.75 Å². The third kappa shape index (κ3) is 3.25. The Balaban J connectivity index is 1.56. The van der Waals surface area contributed by atoms with E-state index in [0.717, 1.165) is 11.3 Å². The van der Waals surface area contributed by atoms with Gasteiger partial charge < -0.3 is 10.1 Å². The molecular weight excluding hydrogens is 298 g/mol. The predicted octanol–water partition coefficient (Wildman–Crippen LogP) is 3.56. The van der Waals surface area contributed by atoms with Gasteiger partial charge >= 0.3 is 0 Å². The van der Waals surface area contributed by atoms with E-state index in [1.54, 1.807) is 6.07 Å². The quantitative estimate of drug-likeness (QED) is 0.937. The van der Waals surface area contributed by atoms with Crippen LogP contribution in [0.5, 0.6) is 5.75 Å². The lowest BCUT2D eigenvalue weighted by atomic mass is 10.0. The Morgan fingerprint density at radius 3 is 2.86 bits per heavy atom. The summed E-state index contributed by atoms with van der Waals surface area (Å²) in [6.45, 7) is 2.69. The van der Waals surface area contributed by atoms with Crippen LogP contribution in [0.4, 0.5) is 0 Å². The second-order valence-electron chi connectivity index (χ2n) is 5.62. The van der Waals surface area contributed by atoms with Crippen LogP contribution in [0.25, 0.3) is 0 Å². The van der Waals surface area contributed by atoms with Crippen molar-refractivity contribution in [2.75, 3.05) is 6.54 Å². The lowest BCUT2D eigenvalue weighted by Crippen LogP contribution is -2.39. The number of rotatable bonds is 4. The molecule has 0 saturated carbocycles. The molecule has 2 atom stereocenters. The highest BCUT2D eigenvalue weighted by molar-refractivity contribution is 6.30. The standard InChI is InChI=1S/C18H18ClNO2/c1-12(13-5-3-2-4-6-13)11-20-18(21)17-10-14-9-15(19)7-8-16(14)22-17/h2-9,12,17H,10-11H2,1H3,(H,20,21)/t12-,17-/m0/s1. The number of nitrogens with one attached hydrogen (secondary N) is 1. The van der Waals surface area contributed by atoms with Crippen molar-refractivity contribution < 1.29 is 9.53 Å². The number of hydrogen-bond donors (Lipinski definition) is 1. The highest BCUT2D eigenvalue weighted by Gasteiger charge is 2.29. The fourth-order valence-corrected chi connectivity index (χ4v) is 2.83. The molecule has 0 aromatic heterocycles. The number of carbonyl (C=O) groups excluding carboxylic acids is 1. The molecule has 3 nitrogen and oxygen atoms in total. The van der Waals surface area contributed by atoms with Gasteiger partial charge in [-0.05, 0) is 35.2 Å². The first-order chi connectivity index (χ1) is 10.6. The highest BCUT2D eigenvalue weighted by atomic mass is 35.5. The molecule has 0 radical (unpaired) electrons. The minimum Gasteiger partial charge on any atom is -0.480 e. The molecule has 114 valence electrons. The summed E-state index contributed by atoms with van der Waals surface area (Å²) < 4.78 is 5.69. The molecule has 0 fully saturated rings. The Kier molecular flexibility index (Phi) is 4.34. The fourth-order valence-electron chi connectivity index (χ4n) is 2.63.